The average Bonchev–Trinajstić information content (AvgIpc) is 2.22. The first-order chi connectivity index (χ1) is 7.52. The summed E-state index contributed by atoms with van der Waals surface area (Å²) in [5.74, 6) is 0.245. The summed E-state index contributed by atoms with van der Waals surface area (Å²) in [5, 5.41) is 2.67. The van der Waals surface area contributed by atoms with Crippen LogP contribution in [0.5, 0.6) is 0 Å². The van der Waals surface area contributed by atoms with Crippen molar-refractivity contribution in [1.29, 1.82) is 0 Å². The second kappa shape index (κ2) is 6.00. The van der Waals surface area contributed by atoms with Crippen LogP contribution in [0.1, 0.15) is 6.92 Å². The van der Waals surface area contributed by atoms with E-state index < -0.39 is 10.8 Å². The molecule has 1 atom stereocenters. The van der Waals surface area contributed by atoms with Crippen LogP contribution in [0.4, 0.5) is 11.4 Å². The number of nitrogens with one attached hydrogen (secondary N) is 1. The summed E-state index contributed by atoms with van der Waals surface area (Å²) in [6.45, 7) is 1.78. The van der Waals surface area contributed by atoms with Crippen molar-refractivity contribution in [1.82, 2.24) is 0 Å². The minimum Gasteiger partial charge on any atom is -0.399 e. The van der Waals surface area contributed by atoms with Crippen LogP contribution in [0.3, 0.4) is 0 Å². The number of anilines is 2. The van der Waals surface area contributed by atoms with Gasteiger partial charge in [-0.1, -0.05) is 6.92 Å². The molecule has 1 aromatic carbocycles. The maximum absolute atomic E-state index is 11.5. The highest BCUT2D eigenvalue weighted by atomic mass is 79.9. The van der Waals surface area contributed by atoms with Crippen LogP contribution < -0.4 is 11.1 Å². The van der Waals surface area contributed by atoms with Gasteiger partial charge in [0.05, 0.1) is 5.69 Å². The lowest BCUT2D eigenvalue weighted by molar-refractivity contribution is -0.113. The van der Waals surface area contributed by atoms with Gasteiger partial charge in [-0.05, 0) is 34.1 Å². The molecule has 6 heteroatoms. The molecule has 0 radical (unpaired) electrons. The van der Waals surface area contributed by atoms with Crippen molar-refractivity contribution in [3.05, 3.63) is 22.7 Å². The van der Waals surface area contributed by atoms with Gasteiger partial charge in [0, 0.05) is 26.7 Å². The Morgan fingerprint density at radius 1 is 1.56 bits per heavy atom. The van der Waals surface area contributed by atoms with E-state index in [1.165, 1.54) is 0 Å². The number of halogens is 1. The fraction of sp³-hybridized carbons (Fsp3) is 0.300. The standard InChI is InChI=1S/C10H13BrN2O2S/c1-2-16(15)6-10(14)13-9-4-3-7(12)5-8(9)11/h3-5H,2,6,12H2,1H3,(H,13,14). The molecule has 3 N–H and O–H groups in total. The highest BCUT2D eigenvalue weighted by Gasteiger charge is 2.08. The van der Waals surface area contributed by atoms with Crippen molar-refractivity contribution in [2.75, 3.05) is 22.6 Å². The lowest BCUT2D eigenvalue weighted by Gasteiger charge is -2.07. The largest absolute Gasteiger partial charge is 0.399 e. The van der Waals surface area contributed by atoms with Gasteiger partial charge in [0.25, 0.3) is 0 Å². The van der Waals surface area contributed by atoms with Gasteiger partial charge in [0.1, 0.15) is 5.75 Å². The second-order valence-electron chi connectivity index (χ2n) is 3.16. The van der Waals surface area contributed by atoms with Gasteiger partial charge in [0.2, 0.25) is 5.91 Å². The first kappa shape index (κ1) is 13.2. The van der Waals surface area contributed by atoms with Crippen LogP contribution in [0.15, 0.2) is 22.7 Å². The van der Waals surface area contributed by atoms with Gasteiger partial charge in [-0.2, -0.15) is 0 Å². The average molecular weight is 305 g/mol. The summed E-state index contributed by atoms with van der Waals surface area (Å²) in [7, 11) is -1.09. The van der Waals surface area contributed by atoms with Gasteiger partial charge in [-0.3, -0.25) is 9.00 Å². The van der Waals surface area contributed by atoms with Gasteiger partial charge in [-0.15, -0.1) is 0 Å². The third-order valence-electron chi connectivity index (χ3n) is 1.88. The Labute approximate surface area is 105 Å². The van der Waals surface area contributed by atoms with E-state index in [1.54, 1.807) is 25.1 Å². The molecule has 0 spiro atoms. The summed E-state index contributed by atoms with van der Waals surface area (Å²) >= 11 is 3.29. The van der Waals surface area contributed by atoms with Gasteiger partial charge in [0.15, 0.2) is 0 Å². The first-order valence-electron chi connectivity index (χ1n) is 4.72. The number of hydrogen-bond acceptors (Lipinski definition) is 3. The summed E-state index contributed by atoms with van der Waals surface area (Å²) in [5.41, 5.74) is 6.81. The van der Waals surface area contributed by atoms with Crippen molar-refractivity contribution in [3.63, 3.8) is 0 Å². The molecule has 1 amide bonds. The van der Waals surface area contributed by atoms with Crippen molar-refractivity contribution < 1.29 is 9.00 Å². The molecule has 1 rings (SSSR count). The summed E-state index contributed by atoms with van der Waals surface area (Å²) in [6.07, 6.45) is 0. The molecule has 0 aliphatic rings. The van der Waals surface area contributed by atoms with Crippen molar-refractivity contribution in [2.24, 2.45) is 0 Å². The number of amides is 1. The number of rotatable bonds is 4. The number of carbonyl (C=O) groups is 1. The van der Waals surface area contributed by atoms with Gasteiger partial charge in [-0.25, -0.2) is 0 Å². The summed E-state index contributed by atoms with van der Waals surface area (Å²) in [6, 6.07) is 5.09. The Kier molecular flexibility index (Phi) is 4.95. The van der Waals surface area contributed by atoms with Crippen molar-refractivity contribution in [2.45, 2.75) is 6.92 Å². The molecule has 0 saturated carbocycles. The first-order valence-corrected chi connectivity index (χ1v) is 7.01. The van der Waals surface area contributed by atoms with Crippen molar-refractivity contribution >= 4 is 44.0 Å². The smallest absolute Gasteiger partial charge is 0.237 e. The fourth-order valence-corrected chi connectivity index (χ4v) is 2.13. The zero-order valence-electron chi connectivity index (χ0n) is 8.83. The van der Waals surface area contributed by atoms with Gasteiger partial charge < -0.3 is 11.1 Å². The molecule has 0 heterocycles. The molecule has 1 unspecified atom stereocenters. The van der Waals surface area contributed by atoms with Crippen LogP contribution in [0, 0.1) is 0 Å². The summed E-state index contributed by atoms with van der Waals surface area (Å²) in [4.78, 5) is 11.5. The number of nitrogens with two attached hydrogens (primary N) is 1. The highest BCUT2D eigenvalue weighted by Crippen LogP contribution is 2.24. The quantitative estimate of drug-likeness (QED) is 0.832. The molecule has 0 aromatic heterocycles. The van der Waals surface area contributed by atoms with E-state index in [4.69, 9.17) is 5.73 Å². The van der Waals surface area contributed by atoms with E-state index in [0.29, 0.717) is 21.6 Å². The highest BCUT2D eigenvalue weighted by molar-refractivity contribution is 9.10. The molecule has 0 bridgehead atoms. The Bertz CT molecular complexity index is 423. The lowest BCUT2D eigenvalue weighted by Crippen LogP contribution is -2.20. The number of nitrogen functional groups attached to an aromatic ring is 1. The van der Waals surface area contributed by atoms with Crippen molar-refractivity contribution in [3.8, 4) is 0 Å². The van der Waals surface area contributed by atoms with E-state index in [2.05, 4.69) is 21.2 Å². The van der Waals surface area contributed by atoms with E-state index in [9.17, 15) is 9.00 Å². The Balaban J connectivity index is 2.66. The Morgan fingerprint density at radius 2 is 2.25 bits per heavy atom. The van der Waals surface area contributed by atoms with E-state index in [1.807, 2.05) is 0 Å². The summed E-state index contributed by atoms with van der Waals surface area (Å²) < 4.78 is 11.9. The maximum Gasteiger partial charge on any atom is 0.237 e. The molecule has 0 aliphatic carbocycles. The lowest BCUT2D eigenvalue weighted by atomic mass is 10.3. The molecule has 0 fully saturated rings. The minimum atomic E-state index is -1.09. The third-order valence-corrected chi connectivity index (χ3v) is 3.77. The van der Waals surface area contributed by atoms with Crippen LogP contribution in [-0.2, 0) is 15.6 Å². The maximum atomic E-state index is 11.5. The van der Waals surface area contributed by atoms with E-state index in [-0.39, 0.29) is 11.7 Å². The number of benzene rings is 1. The second-order valence-corrected chi connectivity index (χ2v) is 5.76. The van der Waals surface area contributed by atoms with E-state index >= 15 is 0 Å². The Hall–Kier alpha value is -0.880. The van der Waals surface area contributed by atoms with Gasteiger partial charge >= 0.3 is 0 Å². The molecule has 4 nitrogen and oxygen atoms in total. The van der Waals surface area contributed by atoms with Crippen LogP contribution in [-0.4, -0.2) is 21.6 Å². The molecule has 16 heavy (non-hydrogen) atoms. The molecule has 88 valence electrons. The van der Waals surface area contributed by atoms with Crippen LogP contribution in [0.2, 0.25) is 0 Å². The van der Waals surface area contributed by atoms with Crippen LogP contribution >= 0.6 is 15.9 Å². The minimum absolute atomic E-state index is 0.0211. The third kappa shape index (κ3) is 3.94. The number of hydrogen-bond donors (Lipinski definition) is 2. The van der Waals surface area contributed by atoms with Crippen LogP contribution in [0.25, 0.3) is 0 Å². The predicted molar refractivity (Wildman–Crippen MR) is 70.7 cm³/mol. The topological polar surface area (TPSA) is 72.2 Å². The molecule has 0 aliphatic heterocycles. The number of carbonyl (C=O) groups excluding carboxylic acids is 1. The zero-order valence-corrected chi connectivity index (χ0v) is 11.2. The fourth-order valence-electron chi connectivity index (χ4n) is 1.07. The molecular formula is C10H13BrN2O2S. The Morgan fingerprint density at radius 3 is 2.81 bits per heavy atom. The monoisotopic (exact) mass is 304 g/mol. The predicted octanol–water partition coefficient (Wildman–Crippen LogP) is 1.74. The molecule has 0 saturated heterocycles. The zero-order chi connectivity index (χ0) is 12.1. The SMILES string of the molecule is CCS(=O)CC(=O)Nc1ccc(N)cc1Br. The normalized spacial score (nSPS) is 12.1. The molecular weight excluding hydrogens is 292 g/mol. The molecule has 1 aromatic rings. The van der Waals surface area contributed by atoms with E-state index in [0.717, 1.165) is 0 Å².